The number of ether oxygens (including phenoxy) is 2. The number of carbonyl (C=O) groups excluding carboxylic acids is 1. The number of benzene rings is 1. The second-order valence-corrected chi connectivity index (χ2v) is 19.6. The quantitative estimate of drug-likeness (QED) is 0.214. The largest absolute Gasteiger partial charge is 0.517 e. The van der Waals surface area contributed by atoms with Crippen LogP contribution >= 0.6 is 27.3 Å². The molecule has 0 saturated carbocycles. The molecular formula is C30H43BrN2O6SSi. The molecule has 0 amide bonds. The fourth-order valence-corrected chi connectivity index (χ4v) is 7.02. The van der Waals surface area contributed by atoms with Gasteiger partial charge in [-0.3, -0.25) is 14.2 Å². The summed E-state index contributed by atoms with van der Waals surface area (Å²) in [5, 5.41) is 0.147. The van der Waals surface area contributed by atoms with Gasteiger partial charge in [0.1, 0.15) is 22.2 Å². The SMILES string of the molecule is CCOc1ccccc1[C@H](Cn1c(=O)n(C(C)(C)C(=O)O[Si](C)(C)C(C)(C)C)c(=O)c2c(C)c(Br)sc21)OC(C)C. The monoisotopic (exact) mass is 666 g/mol. The zero-order chi connectivity index (χ0) is 31.1. The van der Waals surface area contributed by atoms with Crippen LogP contribution in [0.25, 0.3) is 10.2 Å². The molecule has 0 unspecified atom stereocenters. The summed E-state index contributed by atoms with van der Waals surface area (Å²) in [6.07, 6.45) is -0.715. The molecule has 0 spiro atoms. The van der Waals surface area contributed by atoms with Crippen molar-refractivity contribution in [3.63, 3.8) is 0 Å². The number of halogens is 1. The molecule has 2 aromatic heterocycles. The third-order valence-corrected chi connectivity index (χ3v) is 14.2. The second-order valence-electron chi connectivity index (χ2n) is 12.6. The Morgan fingerprint density at radius 2 is 1.71 bits per heavy atom. The standard InChI is InChI=1S/C30H43BrN2O6SSi/c1-12-37-21-16-14-13-15-20(21)22(38-18(2)3)17-32-26-23(19(4)24(31)40-26)25(34)33(28(32)36)30(8,9)27(35)39-41(10,11)29(5,6)7/h13-16,18,22H,12,17H2,1-11H3/t22-/m0/s1. The Kier molecular flexibility index (Phi) is 9.89. The number of aryl methyl sites for hydroxylation is 1. The molecule has 2 heterocycles. The number of rotatable bonds is 10. The van der Waals surface area contributed by atoms with Crippen LogP contribution in [0.15, 0.2) is 37.6 Å². The van der Waals surface area contributed by atoms with Crippen LogP contribution in [0, 0.1) is 6.92 Å². The van der Waals surface area contributed by atoms with Crippen molar-refractivity contribution in [3.05, 3.63) is 60.0 Å². The van der Waals surface area contributed by atoms with E-state index in [1.54, 1.807) is 18.4 Å². The van der Waals surface area contributed by atoms with E-state index >= 15 is 0 Å². The molecule has 1 aromatic carbocycles. The Bertz CT molecular complexity index is 1550. The molecule has 0 N–H and O–H groups in total. The summed E-state index contributed by atoms with van der Waals surface area (Å²) in [4.78, 5) is 42.6. The van der Waals surface area contributed by atoms with Crippen molar-refractivity contribution >= 4 is 51.8 Å². The van der Waals surface area contributed by atoms with Gasteiger partial charge in [-0.15, -0.1) is 11.3 Å². The first-order chi connectivity index (χ1) is 18.8. The first-order valence-electron chi connectivity index (χ1n) is 13.9. The molecule has 0 fully saturated rings. The predicted octanol–water partition coefficient (Wildman–Crippen LogP) is 7.14. The smallest absolute Gasteiger partial charge is 0.333 e. The summed E-state index contributed by atoms with van der Waals surface area (Å²) in [5.41, 5.74) is -1.17. The fourth-order valence-electron chi connectivity index (χ4n) is 4.32. The molecule has 0 saturated heterocycles. The molecule has 0 aliphatic carbocycles. The number of aromatic nitrogens is 2. The molecule has 0 aliphatic rings. The van der Waals surface area contributed by atoms with Crippen LogP contribution < -0.4 is 16.0 Å². The number of hydrogen-bond donors (Lipinski definition) is 0. The van der Waals surface area contributed by atoms with Crippen LogP contribution in [-0.2, 0) is 26.0 Å². The lowest BCUT2D eigenvalue weighted by Crippen LogP contribution is -2.56. The number of fused-ring (bicyclic) bond motifs is 1. The van der Waals surface area contributed by atoms with Gasteiger partial charge in [-0.05, 0) is 87.2 Å². The summed E-state index contributed by atoms with van der Waals surface area (Å²) >= 11 is 4.88. The maximum Gasteiger partial charge on any atom is 0.333 e. The molecule has 41 heavy (non-hydrogen) atoms. The van der Waals surface area contributed by atoms with Crippen molar-refractivity contribution in [3.8, 4) is 5.75 Å². The van der Waals surface area contributed by atoms with Crippen molar-refractivity contribution in [2.24, 2.45) is 0 Å². The van der Waals surface area contributed by atoms with E-state index < -0.39 is 37.2 Å². The molecule has 0 bridgehead atoms. The average Bonchev–Trinajstić information content (AvgIpc) is 3.14. The highest BCUT2D eigenvalue weighted by Crippen LogP contribution is 2.38. The van der Waals surface area contributed by atoms with E-state index in [-0.39, 0.29) is 17.7 Å². The van der Waals surface area contributed by atoms with Gasteiger partial charge in [-0.2, -0.15) is 0 Å². The maximum absolute atomic E-state index is 14.3. The second kappa shape index (κ2) is 12.2. The first-order valence-corrected chi connectivity index (χ1v) is 18.4. The van der Waals surface area contributed by atoms with Crippen LogP contribution in [0.3, 0.4) is 0 Å². The van der Waals surface area contributed by atoms with Crippen LogP contribution in [0.4, 0.5) is 0 Å². The highest BCUT2D eigenvalue weighted by Gasteiger charge is 2.45. The average molecular weight is 668 g/mol. The predicted molar refractivity (Wildman–Crippen MR) is 172 cm³/mol. The third-order valence-electron chi connectivity index (χ3n) is 7.72. The van der Waals surface area contributed by atoms with Crippen LogP contribution in [0.2, 0.25) is 18.1 Å². The molecule has 11 heteroatoms. The number of hydrogen-bond acceptors (Lipinski definition) is 7. The van der Waals surface area contributed by atoms with Gasteiger partial charge in [-0.1, -0.05) is 39.0 Å². The van der Waals surface area contributed by atoms with E-state index in [2.05, 4.69) is 15.9 Å². The Morgan fingerprint density at radius 3 is 2.27 bits per heavy atom. The Labute approximate surface area is 255 Å². The van der Waals surface area contributed by atoms with Crippen LogP contribution in [0.1, 0.15) is 72.6 Å². The Morgan fingerprint density at radius 1 is 1.10 bits per heavy atom. The number of carbonyl (C=O) groups is 1. The Balaban J connectivity index is 2.29. The van der Waals surface area contributed by atoms with Gasteiger partial charge < -0.3 is 13.9 Å². The summed E-state index contributed by atoms with van der Waals surface area (Å²) in [6.45, 7) is 21.4. The zero-order valence-corrected chi connectivity index (χ0v) is 29.4. The van der Waals surface area contributed by atoms with E-state index in [0.29, 0.717) is 28.1 Å². The van der Waals surface area contributed by atoms with Crippen molar-refractivity contribution in [2.45, 2.75) is 105 Å². The summed E-state index contributed by atoms with van der Waals surface area (Å²) in [6, 6.07) is 7.59. The Hall–Kier alpha value is -2.21. The zero-order valence-electron chi connectivity index (χ0n) is 26.0. The van der Waals surface area contributed by atoms with Gasteiger partial charge in [0.05, 0.1) is 28.4 Å². The lowest BCUT2D eigenvalue weighted by molar-refractivity contribution is -0.144. The third kappa shape index (κ3) is 6.58. The van der Waals surface area contributed by atoms with E-state index in [0.717, 1.165) is 13.9 Å². The lowest BCUT2D eigenvalue weighted by Gasteiger charge is -2.38. The molecule has 0 radical (unpaired) electrons. The van der Waals surface area contributed by atoms with E-state index in [9.17, 15) is 14.4 Å². The van der Waals surface area contributed by atoms with Crippen molar-refractivity contribution in [1.29, 1.82) is 0 Å². The molecule has 0 aliphatic heterocycles. The molecule has 3 aromatic rings. The topological polar surface area (TPSA) is 88.8 Å². The fraction of sp³-hybridized carbons (Fsp3) is 0.567. The van der Waals surface area contributed by atoms with Crippen molar-refractivity contribution in [1.82, 2.24) is 9.13 Å². The van der Waals surface area contributed by atoms with E-state index in [4.69, 9.17) is 13.9 Å². The summed E-state index contributed by atoms with van der Waals surface area (Å²) in [7, 11) is -2.54. The van der Waals surface area contributed by atoms with Gasteiger partial charge >= 0.3 is 11.7 Å². The van der Waals surface area contributed by atoms with Gasteiger partial charge in [0.15, 0.2) is 0 Å². The maximum atomic E-state index is 14.3. The van der Waals surface area contributed by atoms with Crippen molar-refractivity contribution < 1.29 is 18.7 Å². The minimum absolute atomic E-state index is 0.109. The summed E-state index contributed by atoms with van der Waals surface area (Å²) < 4.78 is 21.7. The van der Waals surface area contributed by atoms with Gasteiger partial charge in [0.25, 0.3) is 13.9 Å². The molecule has 8 nitrogen and oxygen atoms in total. The molecular weight excluding hydrogens is 624 g/mol. The molecule has 3 rings (SSSR count). The summed E-state index contributed by atoms with van der Waals surface area (Å²) in [5.74, 6) is 0.0675. The first kappa shape index (κ1) is 33.3. The molecule has 226 valence electrons. The number of para-hydroxylation sites is 1. The van der Waals surface area contributed by atoms with Crippen LogP contribution in [0.5, 0.6) is 5.75 Å². The normalized spacial score (nSPS) is 13.6. The number of thiophene rings is 1. The van der Waals surface area contributed by atoms with Gasteiger partial charge in [-0.25, -0.2) is 9.36 Å². The molecule has 1 atom stereocenters. The van der Waals surface area contributed by atoms with Gasteiger partial charge in [0, 0.05) is 5.56 Å². The minimum atomic E-state index is -2.54. The van der Waals surface area contributed by atoms with Crippen molar-refractivity contribution in [2.75, 3.05) is 6.61 Å². The lowest BCUT2D eigenvalue weighted by atomic mass is 10.1. The van der Waals surface area contributed by atoms with E-state index in [1.807, 2.05) is 85.8 Å². The minimum Gasteiger partial charge on any atom is -0.517 e. The van der Waals surface area contributed by atoms with E-state index in [1.165, 1.54) is 11.3 Å². The highest BCUT2D eigenvalue weighted by molar-refractivity contribution is 9.11. The van der Waals surface area contributed by atoms with Gasteiger partial charge in [0.2, 0.25) is 0 Å². The highest BCUT2D eigenvalue weighted by atomic mass is 79.9. The van der Waals surface area contributed by atoms with Crippen LogP contribution in [-0.4, -0.2) is 36.1 Å². The number of nitrogens with zero attached hydrogens (tertiary/aromatic N) is 2.